The van der Waals surface area contributed by atoms with Crippen LogP contribution in [-0.2, 0) is 21.3 Å². The van der Waals surface area contributed by atoms with Crippen LogP contribution in [0.3, 0.4) is 0 Å². The molecule has 9 heteroatoms. The summed E-state index contributed by atoms with van der Waals surface area (Å²) in [5, 5.41) is 0.00850. The lowest BCUT2D eigenvalue weighted by atomic mass is 10.1. The van der Waals surface area contributed by atoms with E-state index >= 15 is 0 Å². The maximum atomic E-state index is 12.8. The number of hydrogen-bond donors (Lipinski definition) is 0. The summed E-state index contributed by atoms with van der Waals surface area (Å²) in [7, 11) is -3.86. The first-order valence-corrected chi connectivity index (χ1v) is 11.7. The summed E-state index contributed by atoms with van der Waals surface area (Å²) < 4.78 is 33.9. The Hall–Kier alpha value is -2.42. The molecule has 1 heterocycles. The molecule has 0 spiro atoms. The molecule has 168 valence electrons. The maximum Gasteiger partial charge on any atom is 0.338 e. The highest BCUT2D eigenvalue weighted by molar-refractivity contribution is 7.89. The number of ketones is 1. The number of aryl methyl sites for hydroxylation is 1. The average Bonchev–Trinajstić information content (AvgIpc) is 3.01. The van der Waals surface area contributed by atoms with Crippen LogP contribution in [0.4, 0.5) is 0 Å². The molecule has 0 saturated carbocycles. The van der Waals surface area contributed by atoms with Gasteiger partial charge in [0.1, 0.15) is 4.90 Å². The van der Waals surface area contributed by atoms with Gasteiger partial charge in [-0.1, -0.05) is 31.5 Å². The number of halogens is 1. The lowest BCUT2D eigenvalue weighted by Gasteiger charge is -2.19. The standard InChI is InChI=1S/C22H27ClN2O5S/c1-6-11-25-15(4)12-18(16(25)5)20(26)14-30-22(27)17-9-10-19(23)21(13-17)31(28,29)24(7-2)8-3/h6,9-10,12-13H,1,7-8,11,14H2,2-5H3. The Balaban J connectivity index is 2.21. The van der Waals surface area contributed by atoms with Crippen molar-refractivity contribution in [3.63, 3.8) is 0 Å². The average molecular weight is 467 g/mol. The minimum Gasteiger partial charge on any atom is -0.454 e. The molecule has 2 aromatic rings. The molecule has 7 nitrogen and oxygen atoms in total. The second kappa shape index (κ2) is 10.3. The van der Waals surface area contributed by atoms with Gasteiger partial charge in [0.25, 0.3) is 0 Å². The molecule has 1 aromatic heterocycles. The quantitative estimate of drug-likeness (QED) is 0.300. The number of ether oxygens (including phenoxy) is 1. The summed E-state index contributed by atoms with van der Waals surface area (Å²) in [4.78, 5) is 24.9. The van der Waals surface area contributed by atoms with Crippen molar-refractivity contribution < 1.29 is 22.7 Å². The van der Waals surface area contributed by atoms with Gasteiger partial charge >= 0.3 is 5.97 Å². The molecule has 0 aliphatic rings. The topological polar surface area (TPSA) is 85.7 Å². The number of carbonyl (C=O) groups excluding carboxylic acids is 2. The molecule has 0 fully saturated rings. The molecule has 0 saturated heterocycles. The molecule has 0 radical (unpaired) electrons. The van der Waals surface area contributed by atoms with Crippen LogP contribution in [-0.4, -0.2) is 48.7 Å². The predicted octanol–water partition coefficient (Wildman–Crippen LogP) is 4.01. The first kappa shape index (κ1) is 24.8. The Morgan fingerprint density at radius 3 is 2.42 bits per heavy atom. The monoisotopic (exact) mass is 466 g/mol. The van der Waals surface area contributed by atoms with Crippen LogP contribution in [0.25, 0.3) is 0 Å². The van der Waals surface area contributed by atoms with E-state index in [1.54, 1.807) is 26.0 Å². The van der Waals surface area contributed by atoms with Crippen LogP contribution in [0.1, 0.15) is 46.0 Å². The second-order valence-corrected chi connectivity index (χ2v) is 9.23. The van der Waals surface area contributed by atoms with Gasteiger partial charge in [0.2, 0.25) is 15.8 Å². The number of sulfonamides is 1. The van der Waals surface area contributed by atoms with Gasteiger partial charge in [0.05, 0.1) is 10.6 Å². The molecule has 0 bridgehead atoms. The summed E-state index contributed by atoms with van der Waals surface area (Å²) in [5.41, 5.74) is 2.13. The van der Waals surface area contributed by atoms with Gasteiger partial charge in [-0.05, 0) is 38.1 Å². The van der Waals surface area contributed by atoms with E-state index in [4.69, 9.17) is 16.3 Å². The van der Waals surface area contributed by atoms with Gasteiger partial charge in [-0.15, -0.1) is 6.58 Å². The number of rotatable bonds is 10. The second-order valence-electron chi connectivity index (χ2n) is 6.92. The molecule has 31 heavy (non-hydrogen) atoms. The Labute approximate surface area is 188 Å². The Bertz CT molecular complexity index is 1100. The third-order valence-electron chi connectivity index (χ3n) is 5.01. The number of nitrogens with zero attached hydrogens (tertiary/aromatic N) is 2. The van der Waals surface area contributed by atoms with Crippen molar-refractivity contribution in [1.82, 2.24) is 8.87 Å². The van der Waals surface area contributed by atoms with E-state index in [1.807, 2.05) is 18.4 Å². The SMILES string of the molecule is C=CCn1c(C)cc(C(=O)COC(=O)c2ccc(Cl)c(S(=O)(=O)N(CC)CC)c2)c1C. The van der Waals surface area contributed by atoms with E-state index in [2.05, 4.69) is 6.58 Å². The van der Waals surface area contributed by atoms with Crippen molar-refractivity contribution in [2.24, 2.45) is 0 Å². The van der Waals surface area contributed by atoms with Crippen LogP contribution in [0, 0.1) is 13.8 Å². The number of hydrogen-bond acceptors (Lipinski definition) is 5. The van der Waals surface area contributed by atoms with Crippen LogP contribution in [0.2, 0.25) is 5.02 Å². The number of aromatic nitrogens is 1. The van der Waals surface area contributed by atoms with Gasteiger partial charge < -0.3 is 9.30 Å². The first-order chi connectivity index (χ1) is 14.6. The Morgan fingerprint density at radius 1 is 1.19 bits per heavy atom. The smallest absolute Gasteiger partial charge is 0.338 e. The zero-order chi connectivity index (χ0) is 23.3. The zero-order valence-electron chi connectivity index (χ0n) is 18.1. The largest absolute Gasteiger partial charge is 0.454 e. The molecule has 0 amide bonds. The lowest BCUT2D eigenvalue weighted by molar-refractivity contribution is 0.0474. The highest BCUT2D eigenvalue weighted by Crippen LogP contribution is 2.26. The van der Waals surface area contributed by atoms with Crippen molar-refractivity contribution in [2.45, 2.75) is 39.1 Å². The number of allylic oxidation sites excluding steroid dienone is 1. The summed E-state index contributed by atoms with van der Waals surface area (Å²) >= 11 is 6.09. The predicted molar refractivity (Wildman–Crippen MR) is 120 cm³/mol. The minimum atomic E-state index is -3.86. The van der Waals surface area contributed by atoms with E-state index in [1.165, 1.54) is 22.5 Å². The van der Waals surface area contributed by atoms with Crippen molar-refractivity contribution in [2.75, 3.05) is 19.7 Å². The molecule has 1 aromatic carbocycles. The minimum absolute atomic E-state index is 0.0000566. The van der Waals surface area contributed by atoms with Crippen molar-refractivity contribution in [1.29, 1.82) is 0 Å². The number of benzene rings is 1. The molecule has 0 aliphatic carbocycles. The Morgan fingerprint density at radius 2 is 1.84 bits per heavy atom. The molecular formula is C22H27ClN2O5S. The van der Waals surface area contributed by atoms with Crippen molar-refractivity contribution in [3.05, 3.63) is 64.5 Å². The summed E-state index contributed by atoms with van der Waals surface area (Å²) in [5.74, 6) is -1.15. The van der Waals surface area contributed by atoms with Crippen molar-refractivity contribution >= 4 is 33.4 Å². The van der Waals surface area contributed by atoms with Gasteiger partial charge in [-0.25, -0.2) is 13.2 Å². The van der Waals surface area contributed by atoms with Crippen molar-refractivity contribution in [3.8, 4) is 0 Å². The van der Waals surface area contributed by atoms with E-state index in [-0.39, 0.29) is 34.4 Å². The molecular weight excluding hydrogens is 440 g/mol. The van der Waals surface area contributed by atoms with E-state index in [0.29, 0.717) is 12.1 Å². The fourth-order valence-corrected chi connectivity index (χ4v) is 5.27. The lowest BCUT2D eigenvalue weighted by Crippen LogP contribution is -2.31. The molecule has 0 atom stereocenters. The van der Waals surface area contributed by atoms with Gasteiger partial charge in [-0.2, -0.15) is 4.31 Å². The number of esters is 1. The summed E-state index contributed by atoms with van der Waals surface area (Å²) in [6.07, 6.45) is 1.73. The fraction of sp³-hybridized carbons (Fsp3) is 0.364. The fourth-order valence-electron chi connectivity index (χ4n) is 3.32. The van der Waals surface area contributed by atoms with E-state index in [0.717, 1.165) is 11.4 Å². The third kappa shape index (κ3) is 5.26. The third-order valence-corrected chi connectivity index (χ3v) is 7.54. The van der Waals surface area contributed by atoms with Gasteiger partial charge in [0, 0.05) is 36.6 Å². The molecule has 0 unspecified atom stereocenters. The molecule has 2 rings (SSSR count). The van der Waals surface area contributed by atoms with Gasteiger partial charge in [-0.3, -0.25) is 4.79 Å². The van der Waals surface area contributed by atoms with Crippen LogP contribution < -0.4 is 0 Å². The van der Waals surface area contributed by atoms with Crippen LogP contribution in [0.5, 0.6) is 0 Å². The normalized spacial score (nSPS) is 11.5. The number of carbonyl (C=O) groups is 2. The van der Waals surface area contributed by atoms with E-state index in [9.17, 15) is 18.0 Å². The maximum absolute atomic E-state index is 12.8. The summed E-state index contributed by atoms with van der Waals surface area (Å²) in [6.45, 7) is 11.5. The van der Waals surface area contributed by atoms with Crippen LogP contribution in [0.15, 0.2) is 41.8 Å². The molecule has 0 aliphatic heterocycles. The summed E-state index contributed by atoms with van der Waals surface area (Å²) in [6, 6.07) is 5.62. The number of Topliss-reactive ketones (excluding diaryl/α,β-unsaturated/α-hetero) is 1. The van der Waals surface area contributed by atoms with Gasteiger partial charge in [0.15, 0.2) is 6.61 Å². The van der Waals surface area contributed by atoms with E-state index < -0.39 is 22.6 Å². The molecule has 0 N–H and O–H groups in total. The zero-order valence-corrected chi connectivity index (χ0v) is 19.7. The highest BCUT2D eigenvalue weighted by Gasteiger charge is 2.26. The Kier molecular flexibility index (Phi) is 8.22. The first-order valence-electron chi connectivity index (χ1n) is 9.86. The highest BCUT2D eigenvalue weighted by atomic mass is 35.5. The van der Waals surface area contributed by atoms with Crippen LogP contribution >= 0.6 is 11.6 Å².